The molecule has 3 aromatic rings. The average Bonchev–Trinajstić information content (AvgIpc) is 3.08. The van der Waals surface area contributed by atoms with E-state index in [1.54, 1.807) is 29.2 Å². The van der Waals surface area contributed by atoms with Gasteiger partial charge in [0.2, 0.25) is 5.82 Å². The maximum absolute atomic E-state index is 12.8. The smallest absolute Gasteiger partial charge is 0.396 e. The van der Waals surface area contributed by atoms with Gasteiger partial charge in [-0.1, -0.05) is 29.4 Å². The number of hydrogen-bond donors (Lipinski definition) is 1. The van der Waals surface area contributed by atoms with Gasteiger partial charge in [-0.05, 0) is 17.2 Å². The highest BCUT2D eigenvalue weighted by atomic mass is 35.5. The van der Waals surface area contributed by atoms with E-state index in [1.807, 2.05) is 12.1 Å². The summed E-state index contributed by atoms with van der Waals surface area (Å²) >= 11 is 4.83. The molecule has 0 spiro atoms. The Labute approximate surface area is 128 Å². The van der Waals surface area contributed by atoms with Gasteiger partial charge in [0, 0.05) is 11.8 Å². The Bertz CT molecular complexity index is 778. The zero-order valence-electron chi connectivity index (χ0n) is 11.1. The molecular formula is C13H10ClF2N5O. The van der Waals surface area contributed by atoms with Crippen LogP contribution in [-0.4, -0.2) is 19.9 Å². The molecule has 2 aromatic heterocycles. The van der Waals surface area contributed by atoms with Crippen molar-refractivity contribution in [3.8, 4) is 11.4 Å². The molecular weight excluding hydrogens is 316 g/mol. The number of alkyl halides is 3. The third-order valence-electron chi connectivity index (χ3n) is 2.88. The fraction of sp³-hybridized carbons (Fsp3) is 0.154. The lowest BCUT2D eigenvalue weighted by molar-refractivity contribution is 0.0551. The third kappa shape index (κ3) is 3.06. The molecule has 0 saturated heterocycles. The first-order chi connectivity index (χ1) is 10.4. The van der Waals surface area contributed by atoms with E-state index in [2.05, 4.69) is 19.8 Å². The summed E-state index contributed by atoms with van der Waals surface area (Å²) in [6.45, 7) is 0.536. The summed E-state index contributed by atoms with van der Waals surface area (Å²) in [4.78, 5) is 3.57. The zero-order chi connectivity index (χ0) is 15.7. The van der Waals surface area contributed by atoms with E-state index in [4.69, 9.17) is 17.3 Å². The van der Waals surface area contributed by atoms with Crippen LogP contribution in [0.15, 0.2) is 41.2 Å². The number of rotatable bonds is 4. The summed E-state index contributed by atoms with van der Waals surface area (Å²) in [6, 6.07) is 7.01. The van der Waals surface area contributed by atoms with Gasteiger partial charge in [0.15, 0.2) is 0 Å². The van der Waals surface area contributed by atoms with E-state index in [9.17, 15) is 8.78 Å². The molecule has 0 bridgehead atoms. The molecule has 22 heavy (non-hydrogen) atoms. The Morgan fingerprint density at radius 3 is 2.55 bits per heavy atom. The Hall–Kier alpha value is -2.48. The summed E-state index contributed by atoms with van der Waals surface area (Å²) < 4.78 is 31.8. The molecule has 114 valence electrons. The van der Waals surface area contributed by atoms with E-state index >= 15 is 0 Å². The Morgan fingerprint density at radius 2 is 2.00 bits per heavy atom. The maximum Gasteiger partial charge on any atom is 0.400 e. The van der Waals surface area contributed by atoms with Gasteiger partial charge in [-0.2, -0.15) is 18.9 Å². The fourth-order valence-corrected chi connectivity index (χ4v) is 1.94. The van der Waals surface area contributed by atoms with Crippen LogP contribution in [0.25, 0.3) is 11.4 Å². The van der Waals surface area contributed by atoms with Crippen LogP contribution in [0.1, 0.15) is 11.5 Å². The van der Waals surface area contributed by atoms with Gasteiger partial charge in [0.25, 0.3) is 0 Å². The van der Waals surface area contributed by atoms with Gasteiger partial charge >= 0.3 is 11.3 Å². The second-order valence-corrected chi connectivity index (χ2v) is 5.06. The molecule has 0 unspecified atom stereocenters. The molecule has 1 aromatic carbocycles. The van der Waals surface area contributed by atoms with Gasteiger partial charge in [-0.3, -0.25) is 4.68 Å². The minimum Gasteiger partial charge on any atom is -0.396 e. The van der Waals surface area contributed by atoms with E-state index in [-0.39, 0.29) is 5.82 Å². The number of nitrogens with two attached hydrogens (primary N) is 1. The van der Waals surface area contributed by atoms with Gasteiger partial charge < -0.3 is 10.3 Å². The molecule has 0 amide bonds. The number of hydrogen-bond acceptors (Lipinski definition) is 5. The first-order valence-electron chi connectivity index (χ1n) is 6.20. The van der Waals surface area contributed by atoms with Crippen LogP contribution in [-0.2, 0) is 11.9 Å². The molecule has 2 N–H and O–H groups in total. The summed E-state index contributed by atoms with van der Waals surface area (Å²) in [5.74, 6) is -0.884. The normalized spacial score (nSPS) is 11.8. The van der Waals surface area contributed by atoms with Crippen LogP contribution in [0.5, 0.6) is 0 Å². The van der Waals surface area contributed by atoms with Crippen molar-refractivity contribution in [1.82, 2.24) is 19.9 Å². The molecule has 6 nitrogen and oxygen atoms in total. The summed E-state index contributed by atoms with van der Waals surface area (Å²) in [7, 11) is 0. The topological polar surface area (TPSA) is 82.8 Å². The third-order valence-corrected chi connectivity index (χ3v) is 3.04. The second kappa shape index (κ2) is 5.38. The van der Waals surface area contributed by atoms with Crippen molar-refractivity contribution in [2.24, 2.45) is 0 Å². The lowest BCUT2D eigenvalue weighted by atomic mass is 10.1. The van der Waals surface area contributed by atoms with E-state index in [1.165, 1.54) is 0 Å². The molecule has 0 atom stereocenters. The van der Waals surface area contributed by atoms with Crippen molar-refractivity contribution in [2.45, 2.75) is 11.9 Å². The number of benzene rings is 1. The molecule has 0 fully saturated rings. The largest absolute Gasteiger partial charge is 0.400 e. The maximum atomic E-state index is 12.8. The van der Waals surface area contributed by atoms with Crippen LogP contribution in [0, 0.1) is 0 Å². The number of anilines is 1. The molecule has 9 heteroatoms. The quantitative estimate of drug-likeness (QED) is 0.746. The Kier molecular flexibility index (Phi) is 3.53. The number of nitrogens with zero attached hydrogens (tertiary/aromatic N) is 4. The van der Waals surface area contributed by atoms with Crippen molar-refractivity contribution >= 4 is 17.3 Å². The van der Waals surface area contributed by atoms with Gasteiger partial charge in [0.1, 0.15) is 0 Å². The number of halogens is 3. The van der Waals surface area contributed by atoms with E-state index < -0.39 is 11.3 Å². The molecule has 0 aliphatic rings. The van der Waals surface area contributed by atoms with Crippen molar-refractivity contribution < 1.29 is 13.3 Å². The fourth-order valence-electron chi connectivity index (χ4n) is 1.87. The Balaban J connectivity index is 1.78. The highest BCUT2D eigenvalue weighted by Crippen LogP contribution is 2.32. The highest BCUT2D eigenvalue weighted by molar-refractivity contribution is 6.21. The lowest BCUT2D eigenvalue weighted by Crippen LogP contribution is -2.03. The molecule has 3 rings (SSSR count). The second-order valence-electron chi connectivity index (χ2n) is 4.59. The summed E-state index contributed by atoms with van der Waals surface area (Å²) in [5, 5.41) is 3.89. The lowest BCUT2D eigenvalue weighted by Gasteiger charge is -2.02. The first-order valence-corrected chi connectivity index (χ1v) is 6.58. The van der Waals surface area contributed by atoms with Crippen LogP contribution in [0.4, 0.5) is 14.5 Å². The van der Waals surface area contributed by atoms with E-state index in [0.717, 1.165) is 5.56 Å². The minimum absolute atomic E-state index is 0.0465. The monoisotopic (exact) mass is 325 g/mol. The number of nitrogen functional groups attached to an aromatic ring is 1. The standard InChI is InChI=1S/C13H10ClF2N5O/c14-13(15,16)12-19-11(20-22-12)9-3-1-8(2-4-9)6-21-7-10(17)5-18-21/h1-5,7H,6,17H2. The molecule has 0 saturated carbocycles. The molecule has 0 radical (unpaired) electrons. The predicted octanol–water partition coefficient (Wildman–Crippen LogP) is 2.85. The summed E-state index contributed by atoms with van der Waals surface area (Å²) in [5.41, 5.74) is 7.67. The van der Waals surface area contributed by atoms with Crippen LogP contribution < -0.4 is 5.73 Å². The van der Waals surface area contributed by atoms with Crippen molar-refractivity contribution in [3.05, 3.63) is 48.1 Å². The SMILES string of the molecule is Nc1cnn(Cc2ccc(-c3noc(C(F)(F)Cl)n3)cc2)c1. The van der Waals surface area contributed by atoms with Crippen molar-refractivity contribution in [1.29, 1.82) is 0 Å². The average molecular weight is 326 g/mol. The first kappa shape index (κ1) is 14.5. The molecule has 2 heterocycles. The Morgan fingerprint density at radius 1 is 1.27 bits per heavy atom. The highest BCUT2D eigenvalue weighted by Gasteiger charge is 2.35. The number of aromatic nitrogens is 4. The van der Waals surface area contributed by atoms with Crippen molar-refractivity contribution in [2.75, 3.05) is 5.73 Å². The van der Waals surface area contributed by atoms with Crippen LogP contribution in [0.3, 0.4) is 0 Å². The van der Waals surface area contributed by atoms with Gasteiger partial charge in [-0.25, -0.2) is 0 Å². The van der Waals surface area contributed by atoms with Gasteiger partial charge in [0.05, 0.1) is 18.4 Å². The van der Waals surface area contributed by atoms with Crippen molar-refractivity contribution in [3.63, 3.8) is 0 Å². The predicted molar refractivity (Wildman–Crippen MR) is 75.2 cm³/mol. The van der Waals surface area contributed by atoms with Gasteiger partial charge in [-0.15, -0.1) is 0 Å². The minimum atomic E-state index is -3.68. The van der Waals surface area contributed by atoms with Crippen LogP contribution >= 0.6 is 11.6 Å². The van der Waals surface area contributed by atoms with E-state index in [0.29, 0.717) is 17.8 Å². The van der Waals surface area contributed by atoms with Crippen LogP contribution in [0.2, 0.25) is 0 Å². The molecule has 0 aliphatic carbocycles. The molecule has 0 aliphatic heterocycles. The summed E-state index contributed by atoms with van der Waals surface area (Å²) in [6.07, 6.45) is 3.27. The zero-order valence-corrected chi connectivity index (χ0v) is 11.8.